The van der Waals surface area contributed by atoms with Crippen molar-refractivity contribution >= 4 is 23.5 Å². The lowest BCUT2D eigenvalue weighted by Crippen LogP contribution is -2.64. The Labute approximate surface area is 135 Å². The van der Waals surface area contributed by atoms with E-state index in [0.717, 1.165) is 25.6 Å². The van der Waals surface area contributed by atoms with Gasteiger partial charge in [0.25, 0.3) is 0 Å². The fourth-order valence-corrected chi connectivity index (χ4v) is 2.85. The molecule has 0 aromatic carbocycles. The van der Waals surface area contributed by atoms with Gasteiger partial charge in [0.15, 0.2) is 0 Å². The number of carboxylic acids is 1. The second-order valence-corrected chi connectivity index (χ2v) is 5.75. The van der Waals surface area contributed by atoms with Gasteiger partial charge in [-0.3, -0.25) is 0 Å². The third-order valence-corrected chi connectivity index (χ3v) is 4.21. The molecule has 0 radical (unpaired) electrons. The van der Waals surface area contributed by atoms with Gasteiger partial charge in [-0.1, -0.05) is 11.6 Å². The molecule has 0 aliphatic carbocycles. The molecule has 2 aliphatic rings. The molecule has 3 rings (SSSR count). The van der Waals surface area contributed by atoms with E-state index in [9.17, 15) is 13.2 Å². The van der Waals surface area contributed by atoms with Crippen LogP contribution in [0.4, 0.5) is 19.1 Å². The van der Waals surface area contributed by atoms with E-state index in [0.29, 0.717) is 10.7 Å². The Morgan fingerprint density at radius 3 is 2.39 bits per heavy atom. The number of nitrogens with one attached hydrogen (secondary N) is 1. The number of carbonyl (C=O) groups is 1. The zero-order valence-electron chi connectivity index (χ0n) is 12.1. The Morgan fingerprint density at radius 1 is 1.35 bits per heavy atom. The SMILES string of the molecule is Clc1ccnc(N2CCC23CCNCC3)n1.O=C(O)C(F)(F)F. The summed E-state index contributed by atoms with van der Waals surface area (Å²) in [6, 6.07) is 1.72. The van der Waals surface area contributed by atoms with E-state index in [2.05, 4.69) is 20.2 Å². The largest absolute Gasteiger partial charge is 0.490 e. The third kappa shape index (κ3) is 4.23. The first kappa shape index (κ1) is 17.7. The molecule has 3 heterocycles. The molecule has 2 N–H and O–H groups in total. The number of alkyl halides is 3. The van der Waals surface area contributed by atoms with Gasteiger partial charge in [-0.15, -0.1) is 0 Å². The molecule has 2 fully saturated rings. The van der Waals surface area contributed by atoms with Gasteiger partial charge in [0.05, 0.1) is 0 Å². The highest BCUT2D eigenvalue weighted by Crippen LogP contribution is 2.40. The number of hydrogen-bond donors (Lipinski definition) is 2. The first-order chi connectivity index (χ1) is 10.7. The molecule has 0 saturated carbocycles. The van der Waals surface area contributed by atoms with Crippen LogP contribution in [0.3, 0.4) is 0 Å². The number of anilines is 1. The predicted molar refractivity (Wildman–Crippen MR) is 77.5 cm³/mol. The van der Waals surface area contributed by atoms with Gasteiger partial charge in [-0.25, -0.2) is 14.8 Å². The minimum Gasteiger partial charge on any atom is -0.475 e. The van der Waals surface area contributed by atoms with Crippen LogP contribution in [0.2, 0.25) is 5.15 Å². The van der Waals surface area contributed by atoms with Crippen LogP contribution < -0.4 is 10.2 Å². The lowest BCUT2D eigenvalue weighted by molar-refractivity contribution is -0.192. The van der Waals surface area contributed by atoms with E-state index in [1.807, 2.05) is 0 Å². The summed E-state index contributed by atoms with van der Waals surface area (Å²) in [5.41, 5.74) is 0.302. The number of halogens is 4. The molecule has 2 saturated heterocycles. The molecular weight excluding hydrogens is 337 g/mol. The van der Waals surface area contributed by atoms with Crippen molar-refractivity contribution in [3.63, 3.8) is 0 Å². The Kier molecular flexibility index (Phi) is 5.30. The van der Waals surface area contributed by atoms with Crippen molar-refractivity contribution in [1.82, 2.24) is 15.3 Å². The number of nitrogens with zero attached hydrogens (tertiary/aromatic N) is 3. The van der Waals surface area contributed by atoms with E-state index in [1.54, 1.807) is 12.3 Å². The second-order valence-electron chi connectivity index (χ2n) is 5.36. The van der Waals surface area contributed by atoms with Crippen molar-refractivity contribution in [2.75, 3.05) is 24.5 Å². The molecule has 2 aliphatic heterocycles. The Bertz CT molecular complexity index is 564. The van der Waals surface area contributed by atoms with Gasteiger partial charge in [0.1, 0.15) is 5.15 Å². The van der Waals surface area contributed by atoms with E-state index in [4.69, 9.17) is 21.5 Å². The summed E-state index contributed by atoms with van der Waals surface area (Å²) in [5.74, 6) is -1.96. The number of aliphatic carboxylic acids is 1. The highest BCUT2D eigenvalue weighted by Gasteiger charge is 2.46. The molecule has 1 aromatic rings. The summed E-state index contributed by atoms with van der Waals surface area (Å²) in [7, 11) is 0. The van der Waals surface area contributed by atoms with Crippen LogP contribution in [0.1, 0.15) is 19.3 Å². The summed E-state index contributed by atoms with van der Waals surface area (Å²) < 4.78 is 31.7. The fourth-order valence-electron chi connectivity index (χ4n) is 2.72. The average molecular weight is 353 g/mol. The van der Waals surface area contributed by atoms with Gasteiger partial charge in [-0.05, 0) is 38.4 Å². The fraction of sp³-hybridized carbons (Fsp3) is 0.615. The molecule has 1 spiro atoms. The standard InChI is InChI=1S/C11H15ClN4.C2HF3O2/c12-9-1-5-14-10(15-9)16-8-4-11(16)2-6-13-7-3-11;3-2(4,5)1(6)7/h1,5,13H,2-4,6-8H2;(H,6,7). The number of hydrogen-bond acceptors (Lipinski definition) is 5. The predicted octanol–water partition coefficient (Wildman–Crippen LogP) is 2.10. The maximum Gasteiger partial charge on any atom is 0.490 e. The van der Waals surface area contributed by atoms with Gasteiger partial charge in [0.2, 0.25) is 5.95 Å². The zero-order valence-corrected chi connectivity index (χ0v) is 12.9. The molecule has 0 unspecified atom stereocenters. The minimum absolute atomic E-state index is 0.302. The van der Waals surface area contributed by atoms with Crippen LogP contribution in [0, 0.1) is 0 Å². The smallest absolute Gasteiger partial charge is 0.475 e. The zero-order chi connectivity index (χ0) is 17.1. The van der Waals surface area contributed by atoms with Gasteiger partial charge in [0, 0.05) is 18.3 Å². The molecule has 0 atom stereocenters. The van der Waals surface area contributed by atoms with E-state index in [-0.39, 0.29) is 0 Å². The molecule has 6 nitrogen and oxygen atoms in total. The first-order valence-electron chi connectivity index (χ1n) is 7.02. The van der Waals surface area contributed by atoms with Gasteiger partial charge in [-0.2, -0.15) is 13.2 Å². The van der Waals surface area contributed by atoms with E-state index < -0.39 is 12.1 Å². The van der Waals surface area contributed by atoms with Gasteiger partial charge < -0.3 is 15.3 Å². The van der Waals surface area contributed by atoms with Crippen molar-refractivity contribution < 1.29 is 23.1 Å². The Hall–Kier alpha value is -1.61. The van der Waals surface area contributed by atoms with E-state index >= 15 is 0 Å². The molecular formula is C13H16ClF3N4O2. The van der Waals surface area contributed by atoms with Crippen molar-refractivity contribution in [3.05, 3.63) is 17.4 Å². The normalized spacial score (nSPS) is 19.6. The summed E-state index contributed by atoms with van der Waals surface area (Å²) in [4.78, 5) is 19.8. The molecule has 23 heavy (non-hydrogen) atoms. The highest BCUT2D eigenvalue weighted by atomic mass is 35.5. The molecule has 1 aromatic heterocycles. The third-order valence-electron chi connectivity index (χ3n) is 4.00. The first-order valence-corrected chi connectivity index (χ1v) is 7.39. The summed E-state index contributed by atoms with van der Waals surface area (Å²) in [6.07, 6.45) is 0.272. The Morgan fingerprint density at radius 2 is 1.96 bits per heavy atom. The van der Waals surface area contributed by atoms with Crippen LogP contribution >= 0.6 is 11.6 Å². The van der Waals surface area contributed by atoms with Crippen LogP contribution in [0.15, 0.2) is 12.3 Å². The maximum atomic E-state index is 10.6. The van der Waals surface area contributed by atoms with Crippen molar-refractivity contribution in [1.29, 1.82) is 0 Å². The quantitative estimate of drug-likeness (QED) is 0.754. The molecule has 0 bridgehead atoms. The Balaban J connectivity index is 0.000000236. The van der Waals surface area contributed by atoms with Crippen LogP contribution in [0.5, 0.6) is 0 Å². The monoisotopic (exact) mass is 352 g/mol. The average Bonchev–Trinajstić information content (AvgIpc) is 2.47. The van der Waals surface area contributed by atoms with Crippen molar-refractivity contribution in [3.8, 4) is 0 Å². The van der Waals surface area contributed by atoms with Crippen LogP contribution in [0.25, 0.3) is 0 Å². The van der Waals surface area contributed by atoms with Crippen LogP contribution in [-0.2, 0) is 4.79 Å². The summed E-state index contributed by atoms with van der Waals surface area (Å²) >= 11 is 5.91. The van der Waals surface area contributed by atoms with Crippen molar-refractivity contribution in [2.45, 2.75) is 31.0 Å². The van der Waals surface area contributed by atoms with Crippen molar-refractivity contribution in [2.24, 2.45) is 0 Å². The molecule has 0 amide bonds. The number of aromatic nitrogens is 2. The molecule has 128 valence electrons. The lowest BCUT2D eigenvalue weighted by atomic mass is 9.77. The maximum absolute atomic E-state index is 10.6. The topological polar surface area (TPSA) is 78.4 Å². The number of piperidine rings is 1. The minimum atomic E-state index is -5.08. The van der Waals surface area contributed by atoms with Crippen LogP contribution in [-0.4, -0.2) is 52.4 Å². The highest BCUT2D eigenvalue weighted by molar-refractivity contribution is 6.29. The molecule has 10 heteroatoms. The van der Waals surface area contributed by atoms with Gasteiger partial charge >= 0.3 is 12.1 Å². The summed E-state index contributed by atoms with van der Waals surface area (Å²) in [5, 5.41) is 11.1. The number of rotatable bonds is 1. The van der Waals surface area contributed by atoms with E-state index in [1.165, 1.54) is 19.3 Å². The number of carboxylic acid groups (broad SMARTS) is 1. The lowest BCUT2D eigenvalue weighted by Gasteiger charge is -2.55. The second kappa shape index (κ2) is 6.88. The summed E-state index contributed by atoms with van der Waals surface area (Å²) in [6.45, 7) is 3.24.